The molecule has 0 atom stereocenters. The van der Waals surface area contributed by atoms with Crippen LogP contribution in [0.5, 0.6) is 0 Å². The zero-order valence-electron chi connectivity index (χ0n) is 10.7. The number of nitrogens with zero attached hydrogens (tertiary/aromatic N) is 1. The van der Waals surface area contributed by atoms with Gasteiger partial charge in [-0.05, 0) is 40.8 Å². The molecular weight excluding hydrogens is 230 g/mol. The van der Waals surface area contributed by atoms with Gasteiger partial charge < -0.3 is 0 Å². The Morgan fingerprint density at radius 1 is 0.737 bits per heavy atom. The van der Waals surface area contributed by atoms with E-state index in [1.807, 2.05) is 12.3 Å². The van der Waals surface area contributed by atoms with Crippen molar-refractivity contribution in [1.82, 2.24) is 4.98 Å². The van der Waals surface area contributed by atoms with Crippen LogP contribution in [0.4, 0.5) is 0 Å². The summed E-state index contributed by atoms with van der Waals surface area (Å²) in [6.45, 7) is 2.18. The standard InChI is InChI=1S/C18H13N/c1-12-14-7-3-2-6-13(14)10-16-15-8-4-5-9-18(15)19-11-17(12)16/h2-11H,1H3. The first kappa shape index (κ1) is 10.5. The molecule has 1 aromatic heterocycles. The van der Waals surface area contributed by atoms with Gasteiger partial charge in [-0.2, -0.15) is 0 Å². The summed E-state index contributed by atoms with van der Waals surface area (Å²) in [5.74, 6) is 0. The number of para-hydroxylation sites is 1. The third kappa shape index (κ3) is 1.45. The molecule has 0 fully saturated rings. The summed E-state index contributed by atoms with van der Waals surface area (Å²) in [5.41, 5.74) is 2.37. The Bertz CT molecular complexity index is 922. The molecule has 4 aromatic rings. The van der Waals surface area contributed by atoms with Crippen molar-refractivity contribution in [2.45, 2.75) is 6.92 Å². The maximum atomic E-state index is 4.58. The van der Waals surface area contributed by atoms with Crippen LogP contribution in [0.25, 0.3) is 32.4 Å². The number of fused-ring (bicyclic) bond motifs is 4. The molecule has 4 rings (SSSR count). The number of benzene rings is 3. The predicted octanol–water partition coefficient (Wildman–Crippen LogP) is 4.85. The predicted molar refractivity (Wildman–Crippen MR) is 81.5 cm³/mol. The van der Waals surface area contributed by atoms with Gasteiger partial charge in [0, 0.05) is 17.0 Å². The van der Waals surface area contributed by atoms with Gasteiger partial charge in [0.25, 0.3) is 0 Å². The number of hydrogen-bond donors (Lipinski definition) is 0. The molecule has 0 aliphatic rings. The summed E-state index contributed by atoms with van der Waals surface area (Å²) >= 11 is 0. The molecule has 0 amide bonds. The van der Waals surface area contributed by atoms with Crippen molar-refractivity contribution in [2.75, 3.05) is 0 Å². The van der Waals surface area contributed by atoms with E-state index in [-0.39, 0.29) is 0 Å². The molecule has 0 bridgehead atoms. The maximum absolute atomic E-state index is 4.58. The van der Waals surface area contributed by atoms with E-state index in [1.165, 1.54) is 32.5 Å². The summed E-state index contributed by atoms with van der Waals surface area (Å²) in [6.07, 6.45) is 2.00. The van der Waals surface area contributed by atoms with Crippen LogP contribution >= 0.6 is 0 Å². The highest BCUT2D eigenvalue weighted by molar-refractivity contribution is 6.12. The third-order valence-corrected chi connectivity index (χ3v) is 3.89. The van der Waals surface area contributed by atoms with Crippen LogP contribution < -0.4 is 0 Å². The Kier molecular flexibility index (Phi) is 2.10. The molecule has 1 heterocycles. The first-order valence-corrected chi connectivity index (χ1v) is 6.50. The lowest BCUT2D eigenvalue weighted by Gasteiger charge is -2.09. The van der Waals surface area contributed by atoms with E-state index >= 15 is 0 Å². The SMILES string of the molecule is Cc1c2ccccc2cc2c1cnc1ccccc12. The monoisotopic (exact) mass is 243 g/mol. The van der Waals surface area contributed by atoms with E-state index in [9.17, 15) is 0 Å². The van der Waals surface area contributed by atoms with Crippen LogP contribution in [-0.4, -0.2) is 4.98 Å². The van der Waals surface area contributed by atoms with Gasteiger partial charge in [-0.3, -0.25) is 4.98 Å². The van der Waals surface area contributed by atoms with Crippen molar-refractivity contribution in [2.24, 2.45) is 0 Å². The molecular formula is C18H13N. The van der Waals surface area contributed by atoms with E-state index in [2.05, 4.69) is 60.4 Å². The number of aromatic nitrogens is 1. The molecule has 0 spiro atoms. The molecule has 90 valence electrons. The van der Waals surface area contributed by atoms with Gasteiger partial charge in [-0.15, -0.1) is 0 Å². The lowest BCUT2D eigenvalue weighted by Crippen LogP contribution is -1.86. The second-order valence-corrected chi connectivity index (χ2v) is 4.96. The molecule has 3 aromatic carbocycles. The topological polar surface area (TPSA) is 12.9 Å². The Labute approximate surface area is 111 Å². The van der Waals surface area contributed by atoms with Gasteiger partial charge in [-0.25, -0.2) is 0 Å². The minimum Gasteiger partial charge on any atom is -0.256 e. The van der Waals surface area contributed by atoms with E-state index in [0.29, 0.717) is 0 Å². The second kappa shape index (κ2) is 3.79. The molecule has 0 saturated carbocycles. The van der Waals surface area contributed by atoms with E-state index in [1.54, 1.807) is 0 Å². The number of pyridine rings is 1. The van der Waals surface area contributed by atoms with Crippen molar-refractivity contribution in [3.63, 3.8) is 0 Å². The molecule has 0 aliphatic carbocycles. The zero-order valence-corrected chi connectivity index (χ0v) is 10.7. The van der Waals surface area contributed by atoms with Crippen LogP contribution in [0.3, 0.4) is 0 Å². The van der Waals surface area contributed by atoms with Crippen LogP contribution in [-0.2, 0) is 0 Å². The quantitative estimate of drug-likeness (QED) is 0.318. The van der Waals surface area contributed by atoms with Gasteiger partial charge in [0.05, 0.1) is 5.52 Å². The lowest BCUT2D eigenvalue weighted by molar-refractivity contribution is 1.43. The molecule has 0 aliphatic heterocycles. The van der Waals surface area contributed by atoms with E-state index in [0.717, 1.165) is 5.52 Å². The Morgan fingerprint density at radius 3 is 2.37 bits per heavy atom. The van der Waals surface area contributed by atoms with Crippen LogP contribution in [0, 0.1) is 6.92 Å². The fraction of sp³-hybridized carbons (Fsp3) is 0.0556. The van der Waals surface area contributed by atoms with Crippen molar-refractivity contribution in [3.8, 4) is 0 Å². The smallest absolute Gasteiger partial charge is 0.0708 e. The van der Waals surface area contributed by atoms with E-state index < -0.39 is 0 Å². The number of hydrogen-bond acceptors (Lipinski definition) is 1. The fourth-order valence-electron chi connectivity index (χ4n) is 2.88. The maximum Gasteiger partial charge on any atom is 0.0708 e. The van der Waals surface area contributed by atoms with Crippen LogP contribution in [0.1, 0.15) is 5.56 Å². The van der Waals surface area contributed by atoms with Crippen molar-refractivity contribution >= 4 is 32.4 Å². The molecule has 0 radical (unpaired) electrons. The summed E-state index contributed by atoms with van der Waals surface area (Å²) < 4.78 is 0. The minimum absolute atomic E-state index is 1.06. The van der Waals surface area contributed by atoms with Crippen molar-refractivity contribution in [1.29, 1.82) is 0 Å². The summed E-state index contributed by atoms with van der Waals surface area (Å²) in [6, 6.07) is 19.2. The third-order valence-electron chi connectivity index (χ3n) is 3.89. The Balaban J connectivity index is 2.32. The first-order chi connectivity index (χ1) is 9.34. The Morgan fingerprint density at radius 2 is 1.47 bits per heavy atom. The molecule has 1 heteroatoms. The fourth-order valence-corrected chi connectivity index (χ4v) is 2.88. The second-order valence-electron chi connectivity index (χ2n) is 4.96. The molecule has 0 saturated heterocycles. The number of aryl methyl sites for hydroxylation is 1. The van der Waals surface area contributed by atoms with Gasteiger partial charge >= 0.3 is 0 Å². The Hall–Kier alpha value is -2.41. The summed E-state index contributed by atoms with van der Waals surface area (Å²) in [7, 11) is 0. The molecule has 0 unspecified atom stereocenters. The highest BCUT2D eigenvalue weighted by Crippen LogP contribution is 2.31. The van der Waals surface area contributed by atoms with E-state index in [4.69, 9.17) is 0 Å². The van der Waals surface area contributed by atoms with Crippen LogP contribution in [0.2, 0.25) is 0 Å². The van der Waals surface area contributed by atoms with Crippen molar-refractivity contribution in [3.05, 3.63) is 66.4 Å². The summed E-state index contributed by atoms with van der Waals surface area (Å²) in [4.78, 5) is 4.58. The van der Waals surface area contributed by atoms with Gasteiger partial charge in [-0.1, -0.05) is 42.5 Å². The average Bonchev–Trinajstić information content (AvgIpc) is 2.47. The first-order valence-electron chi connectivity index (χ1n) is 6.50. The highest BCUT2D eigenvalue weighted by atomic mass is 14.6. The zero-order chi connectivity index (χ0) is 12.8. The molecule has 1 nitrogen and oxygen atoms in total. The van der Waals surface area contributed by atoms with Crippen molar-refractivity contribution < 1.29 is 0 Å². The lowest BCUT2D eigenvalue weighted by atomic mass is 9.97. The normalized spacial score (nSPS) is 11.4. The van der Waals surface area contributed by atoms with Gasteiger partial charge in [0.15, 0.2) is 0 Å². The highest BCUT2D eigenvalue weighted by Gasteiger charge is 2.07. The average molecular weight is 243 g/mol. The molecule has 19 heavy (non-hydrogen) atoms. The minimum atomic E-state index is 1.06. The number of rotatable bonds is 0. The molecule has 0 N–H and O–H groups in total. The largest absolute Gasteiger partial charge is 0.256 e. The van der Waals surface area contributed by atoms with Crippen LogP contribution in [0.15, 0.2) is 60.8 Å². The van der Waals surface area contributed by atoms with Gasteiger partial charge in [0.2, 0.25) is 0 Å². The summed E-state index contributed by atoms with van der Waals surface area (Å²) in [5, 5.41) is 6.38. The van der Waals surface area contributed by atoms with Gasteiger partial charge in [0.1, 0.15) is 0 Å².